The van der Waals surface area contributed by atoms with Crippen LogP contribution < -0.4 is 14.2 Å². The molecule has 0 unspecified atom stereocenters. The van der Waals surface area contributed by atoms with Gasteiger partial charge in [0.2, 0.25) is 5.78 Å². The number of carbonyl (C=O) groups is 3. The molecule has 0 atom stereocenters. The molecule has 0 radical (unpaired) electrons. The van der Waals surface area contributed by atoms with Crippen molar-refractivity contribution < 1.29 is 33.7 Å². The molecule has 0 heterocycles. The molecule has 0 amide bonds. The zero-order chi connectivity index (χ0) is 18.3. The average molecular weight is 342 g/mol. The number of hydrogen-bond donors (Lipinski definition) is 1. The normalized spacial score (nSPS) is 12.3. The second-order valence-electron chi connectivity index (χ2n) is 5.26. The minimum atomic E-state index is -1.30. The largest absolute Gasteiger partial charge is 0.496 e. The second kappa shape index (κ2) is 5.94. The molecule has 2 aromatic rings. The fourth-order valence-corrected chi connectivity index (χ4v) is 3.00. The molecule has 0 fully saturated rings. The molecule has 25 heavy (non-hydrogen) atoms. The second-order valence-corrected chi connectivity index (χ2v) is 5.26. The van der Waals surface area contributed by atoms with E-state index in [1.165, 1.54) is 33.5 Å². The van der Waals surface area contributed by atoms with Crippen LogP contribution in [0.4, 0.5) is 0 Å². The van der Waals surface area contributed by atoms with Gasteiger partial charge in [0, 0.05) is 5.56 Å². The molecule has 1 N–H and O–H groups in total. The van der Waals surface area contributed by atoms with E-state index in [0.29, 0.717) is 0 Å². The molecular weight excluding hydrogens is 328 g/mol. The summed E-state index contributed by atoms with van der Waals surface area (Å²) in [6.07, 6.45) is 0. The zero-order valence-electron chi connectivity index (χ0n) is 13.7. The standard InChI is InChI=1S/C18H14O7/c1-23-10-6-4-5-8-12(10)16(20)13-11(24-2)7-9(18(21)22)17(25-3)14(13)15(8)19/h4-7H,1-3H3,(H,21,22). The maximum atomic E-state index is 13.0. The summed E-state index contributed by atoms with van der Waals surface area (Å²) in [5.74, 6) is -2.24. The van der Waals surface area contributed by atoms with Gasteiger partial charge in [-0.25, -0.2) is 4.79 Å². The smallest absolute Gasteiger partial charge is 0.339 e. The first-order valence-electron chi connectivity index (χ1n) is 7.24. The summed E-state index contributed by atoms with van der Waals surface area (Å²) >= 11 is 0. The van der Waals surface area contributed by atoms with Gasteiger partial charge >= 0.3 is 5.97 Å². The SMILES string of the molecule is COc1cccc2c1C(=O)c1c(OC)cc(C(=O)O)c(OC)c1C2=O. The third-order valence-corrected chi connectivity index (χ3v) is 4.07. The van der Waals surface area contributed by atoms with Crippen LogP contribution in [-0.4, -0.2) is 44.0 Å². The van der Waals surface area contributed by atoms with Crippen LogP contribution in [0.1, 0.15) is 42.2 Å². The van der Waals surface area contributed by atoms with Gasteiger partial charge in [-0.1, -0.05) is 12.1 Å². The Hall–Kier alpha value is -3.35. The van der Waals surface area contributed by atoms with Crippen molar-refractivity contribution in [3.8, 4) is 17.2 Å². The summed E-state index contributed by atoms with van der Waals surface area (Å²) in [4.78, 5) is 37.6. The molecule has 2 aromatic carbocycles. The van der Waals surface area contributed by atoms with Gasteiger partial charge in [-0.15, -0.1) is 0 Å². The maximum Gasteiger partial charge on any atom is 0.339 e. The Balaban J connectivity index is 2.44. The predicted molar refractivity (Wildman–Crippen MR) is 86.4 cm³/mol. The minimum Gasteiger partial charge on any atom is -0.496 e. The Kier molecular flexibility index (Phi) is 3.92. The van der Waals surface area contributed by atoms with Crippen molar-refractivity contribution in [2.75, 3.05) is 21.3 Å². The number of hydrogen-bond acceptors (Lipinski definition) is 6. The van der Waals surface area contributed by atoms with E-state index in [1.54, 1.807) is 12.1 Å². The van der Waals surface area contributed by atoms with E-state index in [-0.39, 0.29) is 45.1 Å². The first-order valence-corrected chi connectivity index (χ1v) is 7.24. The van der Waals surface area contributed by atoms with Gasteiger partial charge in [-0.2, -0.15) is 0 Å². The van der Waals surface area contributed by atoms with Crippen molar-refractivity contribution >= 4 is 17.5 Å². The van der Waals surface area contributed by atoms with Crippen molar-refractivity contribution in [3.05, 3.63) is 52.1 Å². The van der Waals surface area contributed by atoms with Crippen molar-refractivity contribution in [2.24, 2.45) is 0 Å². The van der Waals surface area contributed by atoms with Crippen molar-refractivity contribution in [1.29, 1.82) is 0 Å². The van der Waals surface area contributed by atoms with E-state index in [9.17, 15) is 19.5 Å². The summed E-state index contributed by atoms with van der Waals surface area (Å²) in [5.41, 5.74) is -0.174. The number of methoxy groups -OCH3 is 3. The van der Waals surface area contributed by atoms with E-state index in [1.807, 2.05) is 0 Å². The first-order chi connectivity index (χ1) is 12.0. The molecular formula is C18H14O7. The first kappa shape index (κ1) is 16.5. The number of carbonyl (C=O) groups excluding carboxylic acids is 2. The minimum absolute atomic E-state index is 0.0110. The van der Waals surface area contributed by atoms with E-state index in [0.717, 1.165) is 0 Å². The van der Waals surface area contributed by atoms with Gasteiger partial charge in [0.25, 0.3) is 0 Å². The van der Waals surface area contributed by atoms with Gasteiger partial charge in [0.1, 0.15) is 22.8 Å². The molecule has 1 aliphatic rings. The summed E-state index contributed by atoms with van der Waals surface area (Å²) in [7, 11) is 3.94. The van der Waals surface area contributed by atoms with Gasteiger partial charge in [0.15, 0.2) is 5.78 Å². The van der Waals surface area contributed by atoms with Crippen LogP contribution in [0.15, 0.2) is 24.3 Å². The average Bonchev–Trinajstić information content (AvgIpc) is 2.63. The zero-order valence-corrected chi connectivity index (χ0v) is 13.7. The number of carboxylic acid groups (broad SMARTS) is 1. The number of aromatic carboxylic acids is 1. The van der Waals surface area contributed by atoms with E-state index >= 15 is 0 Å². The van der Waals surface area contributed by atoms with Crippen LogP contribution in [-0.2, 0) is 0 Å². The maximum absolute atomic E-state index is 13.0. The highest BCUT2D eigenvalue weighted by Gasteiger charge is 2.39. The van der Waals surface area contributed by atoms with Crippen LogP contribution in [0.25, 0.3) is 0 Å². The summed E-state index contributed by atoms with van der Waals surface area (Å²) in [5, 5.41) is 9.40. The highest BCUT2D eigenvalue weighted by atomic mass is 16.5. The Bertz CT molecular complexity index is 928. The van der Waals surface area contributed by atoms with Crippen LogP contribution in [0.5, 0.6) is 17.2 Å². The number of benzene rings is 2. The van der Waals surface area contributed by atoms with Crippen LogP contribution in [0.3, 0.4) is 0 Å². The molecule has 0 saturated heterocycles. The molecule has 0 aliphatic heterocycles. The summed E-state index contributed by atoms with van der Waals surface area (Å²) in [6, 6.07) is 5.81. The molecule has 3 rings (SSSR count). The number of carboxylic acids is 1. The molecule has 7 nitrogen and oxygen atoms in total. The highest BCUT2D eigenvalue weighted by molar-refractivity contribution is 6.31. The van der Waals surface area contributed by atoms with Crippen molar-refractivity contribution in [1.82, 2.24) is 0 Å². The van der Waals surface area contributed by atoms with Gasteiger partial charge in [0.05, 0.1) is 38.0 Å². The Morgan fingerprint density at radius 3 is 2.12 bits per heavy atom. The lowest BCUT2D eigenvalue weighted by Crippen LogP contribution is -2.24. The van der Waals surface area contributed by atoms with E-state index in [2.05, 4.69) is 0 Å². The van der Waals surface area contributed by atoms with E-state index < -0.39 is 17.5 Å². The molecule has 0 spiro atoms. The number of fused-ring (bicyclic) bond motifs is 2. The highest BCUT2D eigenvalue weighted by Crippen LogP contribution is 2.42. The quantitative estimate of drug-likeness (QED) is 0.776. The molecule has 7 heteroatoms. The van der Waals surface area contributed by atoms with Gasteiger partial charge < -0.3 is 19.3 Å². The third-order valence-electron chi connectivity index (χ3n) is 4.07. The molecule has 0 bridgehead atoms. The fourth-order valence-electron chi connectivity index (χ4n) is 3.00. The molecule has 0 aromatic heterocycles. The van der Waals surface area contributed by atoms with Crippen molar-refractivity contribution in [2.45, 2.75) is 0 Å². The lowest BCUT2D eigenvalue weighted by molar-refractivity contribution is 0.0692. The van der Waals surface area contributed by atoms with Gasteiger partial charge in [-0.3, -0.25) is 9.59 Å². The van der Waals surface area contributed by atoms with Crippen LogP contribution in [0.2, 0.25) is 0 Å². The molecule has 1 aliphatic carbocycles. The summed E-state index contributed by atoms with van der Waals surface area (Å²) in [6.45, 7) is 0. The van der Waals surface area contributed by atoms with Crippen LogP contribution >= 0.6 is 0 Å². The van der Waals surface area contributed by atoms with E-state index in [4.69, 9.17) is 14.2 Å². The lowest BCUT2D eigenvalue weighted by Gasteiger charge is -2.23. The van der Waals surface area contributed by atoms with Gasteiger partial charge in [-0.05, 0) is 12.1 Å². The Labute approximate surface area is 142 Å². The predicted octanol–water partition coefficient (Wildman–Crippen LogP) is 2.19. The Morgan fingerprint density at radius 2 is 1.56 bits per heavy atom. The van der Waals surface area contributed by atoms with Crippen LogP contribution in [0, 0.1) is 0 Å². The Morgan fingerprint density at radius 1 is 0.880 bits per heavy atom. The fraction of sp³-hybridized carbons (Fsp3) is 0.167. The third kappa shape index (κ3) is 2.24. The summed E-state index contributed by atoms with van der Waals surface area (Å²) < 4.78 is 15.5. The number of rotatable bonds is 4. The monoisotopic (exact) mass is 342 g/mol. The lowest BCUT2D eigenvalue weighted by atomic mass is 9.81. The van der Waals surface area contributed by atoms with Crippen molar-refractivity contribution in [3.63, 3.8) is 0 Å². The topological polar surface area (TPSA) is 99.1 Å². The molecule has 128 valence electrons. The number of ketones is 2. The number of ether oxygens (including phenoxy) is 3. The molecule has 0 saturated carbocycles.